The minimum Gasteiger partial charge on any atom is -0.395 e. The fraction of sp³-hybridized carbons (Fsp3) is 0.533. The molecule has 0 bridgehead atoms. The monoisotopic (exact) mass is 261 g/mol. The minimum absolute atomic E-state index is 0.0407. The fourth-order valence-corrected chi connectivity index (χ4v) is 2.57. The molecular formula is C15H19NO3. The summed E-state index contributed by atoms with van der Waals surface area (Å²) in [5.74, 6) is 0. The van der Waals surface area contributed by atoms with E-state index in [2.05, 4.69) is 24.2 Å². The summed E-state index contributed by atoms with van der Waals surface area (Å²) < 4.78 is 11.5. The highest BCUT2D eigenvalue weighted by Crippen LogP contribution is 2.35. The summed E-state index contributed by atoms with van der Waals surface area (Å²) in [4.78, 5) is 5.18. The van der Waals surface area contributed by atoms with Crippen LogP contribution in [0.4, 0.5) is 0 Å². The van der Waals surface area contributed by atoms with Gasteiger partial charge >= 0.3 is 0 Å². The van der Waals surface area contributed by atoms with Gasteiger partial charge in [-0.2, -0.15) is 0 Å². The Balaban J connectivity index is 1.48. The molecule has 0 N–H and O–H groups in total. The standard InChI is InChI=1S/C15H19NO3/c1-15-7-13(18-10-14(15)16-19-11-15)9-17-8-12-5-3-2-4-6-12/h2-6,13H,7-11H2,1H3/t13-,15+/m1/s1. The molecule has 1 saturated heterocycles. The molecule has 19 heavy (non-hydrogen) atoms. The van der Waals surface area contributed by atoms with E-state index in [1.165, 1.54) is 5.56 Å². The Morgan fingerprint density at radius 3 is 3.05 bits per heavy atom. The molecule has 2 aliphatic rings. The van der Waals surface area contributed by atoms with Gasteiger partial charge in [0.25, 0.3) is 0 Å². The van der Waals surface area contributed by atoms with Crippen LogP contribution in [0.25, 0.3) is 0 Å². The number of hydrogen-bond donors (Lipinski definition) is 0. The van der Waals surface area contributed by atoms with E-state index >= 15 is 0 Å². The predicted octanol–water partition coefficient (Wildman–Crippen LogP) is 2.38. The summed E-state index contributed by atoms with van der Waals surface area (Å²) in [6, 6.07) is 10.2. The lowest BCUT2D eigenvalue weighted by Crippen LogP contribution is -2.43. The van der Waals surface area contributed by atoms with E-state index in [0.717, 1.165) is 12.1 Å². The topological polar surface area (TPSA) is 40.0 Å². The van der Waals surface area contributed by atoms with Gasteiger partial charge in [0.05, 0.1) is 37.1 Å². The van der Waals surface area contributed by atoms with Crippen LogP contribution in [0.5, 0.6) is 0 Å². The lowest BCUT2D eigenvalue weighted by Gasteiger charge is -2.33. The Hall–Kier alpha value is -1.39. The van der Waals surface area contributed by atoms with Gasteiger partial charge in [-0.25, -0.2) is 0 Å². The second-order valence-corrected chi connectivity index (χ2v) is 5.51. The molecule has 0 saturated carbocycles. The van der Waals surface area contributed by atoms with Crippen molar-refractivity contribution in [3.05, 3.63) is 35.9 Å². The zero-order valence-corrected chi connectivity index (χ0v) is 11.2. The zero-order valence-electron chi connectivity index (χ0n) is 11.2. The lowest BCUT2D eigenvalue weighted by molar-refractivity contribution is -0.0408. The average molecular weight is 261 g/mol. The lowest BCUT2D eigenvalue weighted by atomic mass is 9.79. The Morgan fingerprint density at radius 1 is 1.37 bits per heavy atom. The highest BCUT2D eigenvalue weighted by Gasteiger charge is 2.42. The van der Waals surface area contributed by atoms with Crippen LogP contribution < -0.4 is 0 Å². The molecule has 2 aliphatic heterocycles. The van der Waals surface area contributed by atoms with Gasteiger partial charge in [-0.15, -0.1) is 0 Å². The van der Waals surface area contributed by atoms with Gasteiger partial charge < -0.3 is 14.3 Å². The van der Waals surface area contributed by atoms with Crippen LogP contribution in [-0.2, 0) is 20.9 Å². The van der Waals surface area contributed by atoms with Crippen molar-refractivity contribution in [2.45, 2.75) is 26.1 Å². The van der Waals surface area contributed by atoms with Crippen molar-refractivity contribution >= 4 is 5.71 Å². The van der Waals surface area contributed by atoms with Crippen LogP contribution in [-0.4, -0.2) is 31.6 Å². The molecule has 2 heterocycles. The van der Waals surface area contributed by atoms with Crippen molar-refractivity contribution in [1.82, 2.24) is 0 Å². The first kappa shape index (κ1) is 12.6. The third-order valence-electron chi connectivity index (χ3n) is 3.80. The highest BCUT2D eigenvalue weighted by atomic mass is 16.6. The minimum atomic E-state index is 0.0407. The number of oxime groups is 1. The molecule has 102 valence electrons. The van der Waals surface area contributed by atoms with Crippen LogP contribution in [0.15, 0.2) is 35.5 Å². The fourth-order valence-electron chi connectivity index (χ4n) is 2.57. The van der Waals surface area contributed by atoms with Crippen molar-refractivity contribution in [2.24, 2.45) is 10.6 Å². The molecule has 4 heteroatoms. The van der Waals surface area contributed by atoms with Crippen LogP contribution in [0.3, 0.4) is 0 Å². The van der Waals surface area contributed by atoms with Crippen molar-refractivity contribution in [2.75, 3.05) is 19.8 Å². The van der Waals surface area contributed by atoms with Crippen LogP contribution >= 0.6 is 0 Å². The third kappa shape index (κ3) is 2.80. The Morgan fingerprint density at radius 2 is 2.21 bits per heavy atom. The van der Waals surface area contributed by atoms with Gasteiger partial charge in [0, 0.05) is 0 Å². The number of benzene rings is 1. The molecule has 1 aromatic carbocycles. The van der Waals surface area contributed by atoms with Gasteiger partial charge in [-0.1, -0.05) is 42.4 Å². The molecule has 4 nitrogen and oxygen atoms in total. The van der Waals surface area contributed by atoms with Crippen molar-refractivity contribution in [1.29, 1.82) is 0 Å². The maximum absolute atomic E-state index is 5.76. The second-order valence-electron chi connectivity index (χ2n) is 5.51. The summed E-state index contributed by atoms with van der Waals surface area (Å²) in [5, 5.41) is 4.04. The van der Waals surface area contributed by atoms with E-state index in [9.17, 15) is 0 Å². The molecule has 1 aromatic rings. The molecule has 0 aliphatic carbocycles. The Kier molecular flexibility index (Phi) is 3.53. The molecule has 0 unspecified atom stereocenters. The van der Waals surface area contributed by atoms with Gasteiger partial charge in [-0.05, 0) is 12.0 Å². The summed E-state index contributed by atoms with van der Waals surface area (Å²) >= 11 is 0. The first-order valence-electron chi connectivity index (χ1n) is 6.69. The molecule has 0 amide bonds. The smallest absolute Gasteiger partial charge is 0.128 e. The molecule has 0 radical (unpaired) electrons. The van der Waals surface area contributed by atoms with Gasteiger partial charge in [0.1, 0.15) is 6.61 Å². The average Bonchev–Trinajstić information content (AvgIpc) is 2.80. The molecule has 0 spiro atoms. The quantitative estimate of drug-likeness (QED) is 0.835. The third-order valence-corrected chi connectivity index (χ3v) is 3.80. The molecule has 0 aromatic heterocycles. The summed E-state index contributed by atoms with van der Waals surface area (Å²) in [5.41, 5.74) is 2.27. The first-order valence-corrected chi connectivity index (χ1v) is 6.69. The van der Waals surface area contributed by atoms with E-state index in [1.807, 2.05) is 18.2 Å². The maximum atomic E-state index is 5.76. The second kappa shape index (κ2) is 5.31. The molecule has 2 atom stereocenters. The van der Waals surface area contributed by atoms with E-state index in [4.69, 9.17) is 14.3 Å². The largest absolute Gasteiger partial charge is 0.395 e. The number of fused-ring (bicyclic) bond motifs is 1. The normalized spacial score (nSPS) is 29.5. The molecular weight excluding hydrogens is 242 g/mol. The van der Waals surface area contributed by atoms with Gasteiger partial charge in [0.15, 0.2) is 0 Å². The first-order chi connectivity index (χ1) is 9.26. The van der Waals surface area contributed by atoms with E-state index < -0.39 is 0 Å². The zero-order chi connectivity index (χ0) is 13.1. The highest BCUT2D eigenvalue weighted by molar-refractivity contribution is 5.92. The predicted molar refractivity (Wildman–Crippen MR) is 71.9 cm³/mol. The van der Waals surface area contributed by atoms with E-state index in [1.54, 1.807) is 0 Å². The van der Waals surface area contributed by atoms with Crippen LogP contribution in [0.2, 0.25) is 0 Å². The summed E-state index contributed by atoms with van der Waals surface area (Å²) in [7, 11) is 0. The maximum Gasteiger partial charge on any atom is 0.128 e. The van der Waals surface area contributed by atoms with Crippen molar-refractivity contribution in [3.8, 4) is 0 Å². The van der Waals surface area contributed by atoms with Crippen molar-refractivity contribution in [3.63, 3.8) is 0 Å². The van der Waals surface area contributed by atoms with Crippen LogP contribution in [0, 0.1) is 5.41 Å². The number of ether oxygens (including phenoxy) is 2. The SMILES string of the molecule is C[C@]12CON=C1CO[C@@H](COCc1ccccc1)C2. The van der Waals surface area contributed by atoms with Gasteiger partial charge in [-0.3, -0.25) is 0 Å². The van der Waals surface area contributed by atoms with Gasteiger partial charge in [0.2, 0.25) is 0 Å². The van der Waals surface area contributed by atoms with E-state index in [0.29, 0.717) is 26.4 Å². The number of rotatable bonds is 4. The van der Waals surface area contributed by atoms with Crippen LogP contribution in [0.1, 0.15) is 18.9 Å². The Labute approximate surface area is 113 Å². The summed E-state index contributed by atoms with van der Waals surface area (Å²) in [6.45, 7) is 4.68. The molecule has 1 fully saturated rings. The number of nitrogens with zero attached hydrogens (tertiary/aromatic N) is 1. The Bertz CT molecular complexity index is 460. The summed E-state index contributed by atoms with van der Waals surface area (Å²) in [6.07, 6.45) is 1.05. The van der Waals surface area contributed by atoms with E-state index in [-0.39, 0.29) is 11.5 Å². The molecule has 3 rings (SSSR count). The van der Waals surface area contributed by atoms with Crippen molar-refractivity contribution < 1.29 is 14.3 Å². The number of hydrogen-bond acceptors (Lipinski definition) is 4.